The highest BCUT2D eigenvalue weighted by molar-refractivity contribution is 6.32. The van der Waals surface area contributed by atoms with E-state index in [2.05, 4.69) is 0 Å². The van der Waals surface area contributed by atoms with Crippen LogP contribution in [0.25, 0.3) is 0 Å². The third-order valence-electron chi connectivity index (χ3n) is 2.46. The van der Waals surface area contributed by atoms with Gasteiger partial charge in [-0.1, -0.05) is 11.6 Å². The predicted molar refractivity (Wildman–Crippen MR) is 51.0 cm³/mol. The molecule has 76 valence electrons. The number of hydrogen-bond donors (Lipinski definition) is 2. The van der Waals surface area contributed by atoms with Crippen molar-refractivity contribution in [2.45, 2.75) is 24.9 Å². The Bertz CT molecular complexity index is 375. The lowest BCUT2D eigenvalue weighted by atomic mass is 10.1. The van der Waals surface area contributed by atoms with Crippen molar-refractivity contribution in [3.05, 3.63) is 28.5 Å². The summed E-state index contributed by atoms with van der Waals surface area (Å²) in [6, 6.07) is 2.34. The Kier molecular flexibility index (Phi) is 2.16. The molecule has 0 spiro atoms. The normalized spacial score (nSPS) is 18.2. The van der Waals surface area contributed by atoms with E-state index in [4.69, 9.17) is 16.7 Å². The fraction of sp³-hybridized carbons (Fsp3) is 0.400. The molecule has 2 nitrogen and oxygen atoms in total. The van der Waals surface area contributed by atoms with Crippen LogP contribution >= 0.6 is 11.6 Å². The van der Waals surface area contributed by atoms with E-state index in [0.717, 1.165) is 6.07 Å². The Morgan fingerprint density at radius 2 is 2.07 bits per heavy atom. The highest BCUT2D eigenvalue weighted by Gasteiger charge is 2.40. The minimum absolute atomic E-state index is 0.116. The van der Waals surface area contributed by atoms with Crippen molar-refractivity contribution in [3.8, 4) is 5.75 Å². The fourth-order valence-electron chi connectivity index (χ4n) is 1.39. The van der Waals surface area contributed by atoms with Crippen LogP contribution in [0.1, 0.15) is 18.4 Å². The van der Waals surface area contributed by atoms with Crippen molar-refractivity contribution in [1.29, 1.82) is 0 Å². The number of benzene rings is 1. The Balaban J connectivity index is 2.29. The number of aromatic hydroxyl groups is 1. The Morgan fingerprint density at radius 1 is 1.43 bits per heavy atom. The third-order valence-corrected chi connectivity index (χ3v) is 2.77. The van der Waals surface area contributed by atoms with Crippen LogP contribution in [0.3, 0.4) is 0 Å². The highest BCUT2D eigenvalue weighted by atomic mass is 35.5. The molecular formula is C10H10ClFO2. The quantitative estimate of drug-likeness (QED) is 0.796. The van der Waals surface area contributed by atoms with Crippen LogP contribution in [-0.2, 0) is 6.42 Å². The largest absolute Gasteiger partial charge is 0.506 e. The first kappa shape index (κ1) is 9.74. The molecule has 1 aliphatic rings. The molecular weight excluding hydrogens is 207 g/mol. The van der Waals surface area contributed by atoms with E-state index in [1.807, 2.05) is 0 Å². The highest BCUT2D eigenvalue weighted by Crippen LogP contribution is 2.39. The average Bonchev–Trinajstić information content (AvgIpc) is 2.80. The van der Waals surface area contributed by atoms with E-state index in [0.29, 0.717) is 18.4 Å². The van der Waals surface area contributed by atoms with Crippen molar-refractivity contribution < 1.29 is 14.6 Å². The molecule has 0 radical (unpaired) electrons. The van der Waals surface area contributed by atoms with E-state index in [1.165, 1.54) is 6.07 Å². The first-order valence-corrected chi connectivity index (χ1v) is 4.77. The third kappa shape index (κ3) is 1.83. The van der Waals surface area contributed by atoms with Crippen molar-refractivity contribution in [3.63, 3.8) is 0 Å². The van der Waals surface area contributed by atoms with Gasteiger partial charge >= 0.3 is 0 Å². The first-order valence-electron chi connectivity index (χ1n) is 4.39. The summed E-state index contributed by atoms with van der Waals surface area (Å²) in [6.07, 6.45) is 1.66. The summed E-state index contributed by atoms with van der Waals surface area (Å²) in [5.74, 6) is -0.789. The van der Waals surface area contributed by atoms with Gasteiger partial charge in [-0.05, 0) is 24.5 Å². The van der Waals surface area contributed by atoms with Gasteiger partial charge < -0.3 is 10.2 Å². The van der Waals surface area contributed by atoms with Crippen LogP contribution in [0.2, 0.25) is 5.02 Å². The Labute approximate surface area is 85.9 Å². The van der Waals surface area contributed by atoms with Gasteiger partial charge in [-0.2, -0.15) is 0 Å². The summed E-state index contributed by atoms with van der Waals surface area (Å²) in [5, 5.41) is 18.8. The fourth-order valence-corrected chi connectivity index (χ4v) is 1.57. The molecule has 1 fully saturated rings. The summed E-state index contributed by atoms with van der Waals surface area (Å²) in [6.45, 7) is 0. The standard InChI is InChI=1S/C10H10ClFO2/c11-7-3-6(5-10(14)1-2-10)8(12)4-9(7)13/h3-4,13-14H,1-2,5H2. The lowest BCUT2D eigenvalue weighted by Crippen LogP contribution is -2.11. The minimum atomic E-state index is -0.749. The summed E-state index contributed by atoms with van der Waals surface area (Å²) in [4.78, 5) is 0. The molecule has 1 aliphatic carbocycles. The molecule has 1 aromatic rings. The van der Waals surface area contributed by atoms with Gasteiger partial charge in [0.25, 0.3) is 0 Å². The molecule has 0 atom stereocenters. The van der Waals surface area contributed by atoms with Crippen LogP contribution in [-0.4, -0.2) is 15.8 Å². The van der Waals surface area contributed by atoms with E-state index < -0.39 is 11.4 Å². The second-order valence-electron chi connectivity index (χ2n) is 3.80. The lowest BCUT2D eigenvalue weighted by Gasteiger charge is -2.09. The zero-order chi connectivity index (χ0) is 10.3. The Hall–Kier alpha value is -0.800. The number of phenolic OH excluding ortho intramolecular Hbond substituents is 1. The molecule has 0 heterocycles. The zero-order valence-electron chi connectivity index (χ0n) is 7.43. The molecule has 1 aromatic carbocycles. The van der Waals surface area contributed by atoms with E-state index >= 15 is 0 Å². The van der Waals surface area contributed by atoms with Gasteiger partial charge in [0, 0.05) is 12.5 Å². The minimum Gasteiger partial charge on any atom is -0.506 e. The maximum absolute atomic E-state index is 13.3. The zero-order valence-corrected chi connectivity index (χ0v) is 8.18. The van der Waals surface area contributed by atoms with Crippen molar-refractivity contribution >= 4 is 11.6 Å². The molecule has 0 aromatic heterocycles. The van der Waals surface area contributed by atoms with E-state index in [-0.39, 0.29) is 17.2 Å². The molecule has 0 amide bonds. The van der Waals surface area contributed by atoms with Gasteiger partial charge in [-0.15, -0.1) is 0 Å². The maximum atomic E-state index is 13.3. The SMILES string of the molecule is Oc1cc(F)c(CC2(O)CC2)cc1Cl. The van der Waals surface area contributed by atoms with Crippen LogP contribution in [0.15, 0.2) is 12.1 Å². The van der Waals surface area contributed by atoms with Gasteiger partial charge in [0.15, 0.2) is 0 Å². The molecule has 0 saturated heterocycles. The summed E-state index contributed by atoms with van der Waals surface area (Å²) < 4.78 is 13.3. The van der Waals surface area contributed by atoms with Crippen LogP contribution < -0.4 is 0 Å². The van der Waals surface area contributed by atoms with Gasteiger partial charge in [0.05, 0.1) is 10.6 Å². The van der Waals surface area contributed by atoms with Crippen molar-refractivity contribution in [2.75, 3.05) is 0 Å². The number of rotatable bonds is 2. The monoisotopic (exact) mass is 216 g/mol. The van der Waals surface area contributed by atoms with Crippen LogP contribution in [0.4, 0.5) is 4.39 Å². The predicted octanol–water partition coefficient (Wildman–Crippen LogP) is 2.25. The Morgan fingerprint density at radius 3 is 2.64 bits per heavy atom. The van der Waals surface area contributed by atoms with Gasteiger partial charge in [-0.25, -0.2) is 4.39 Å². The second kappa shape index (κ2) is 3.11. The molecule has 14 heavy (non-hydrogen) atoms. The average molecular weight is 217 g/mol. The summed E-state index contributed by atoms with van der Waals surface area (Å²) in [7, 11) is 0. The summed E-state index contributed by atoms with van der Waals surface area (Å²) in [5.41, 5.74) is -0.394. The van der Waals surface area contributed by atoms with Gasteiger partial charge in [0.2, 0.25) is 0 Å². The lowest BCUT2D eigenvalue weighted by molar-refractivity contribution is 0.149. The van der Waals surface area contributed by atoms with Crippen LogP contribution in [0.5, 0.6) is 5.75 Å². The van der Waals surface area contributed by atoms with Gasteiger partial charge in [-0.3, -0.25) is 0 Å². The van der Waals surface area contributed by atoms with Crippen molar-refractivity contribution in [2.24, 2.45) is 0 Å². The number of hydrogen-bond acceptors (Lipinski definition) is 2. The molecule has 2 rings (SSSR count). The van der Waals surface area contributed by atoms with Crippen molar-refractivity contribution in [1.82, 2.24) is 0 Å². The molecule has 1 saturated carbocycles. The van der Waals surface area contributed by atoms with E-state index in [9.17, 15) is 9.50 Å². The smallest absolute Gasteiger partial charge is 0.137 e. The maximum Gasteiger partial charge on any atom is 0.137 e. The topological polar surface area (TPSA) is 40.5 Å². The molecule has 4 heteroatoms. The second-order valence-corrected chi connectivity index (χ2v) is 4.20. The summed E-state index contributed by atoms with van der Waals surface area (Å²) >= 11 is 5.64. The van der Waals surface area contributed by atoms with Crippen LogP contribution in [0, 0.1) is 5.82 Å². The number of aliphatic hydroxyl groups is 1. The first-order chi connectivity index (χ1) is 6.50. The number of phenols is 1. The van der Waals surface area contributed by atoms with Gasteiger partial charge in [0.1, 0.15) is 11.6 Å². The molecule has 2 N–H and O–H groups in total. The molecule has 0 aliphatic heterocycles. The van der Waals surface area contributed by atoms with E-state index in [1.54, 1.807) is 0 Å². The molecule has 0 bridgehead atoms. The number of halogens is 2. The molecule has 0 unspecified atom stereocenters.